The van der Waals surface area contributed by atoms with E-state index in [-0.39, 0.29) is 12.0 Å². The maximum absolute atomic E-state index is 11.3. The van der Waals surface area contributed by atoms with Gasteiger partial charge in [-0.1, -0.05) is 16.9 Å². The Balaban J connectivity index is 2.31. The molecule has 0 saturated heterocycles. The van der Waals surface area contributed by atoms with Gasteiger partial charge in [-0.2, -0.15) is 0 Å². The second-order valence-electron chi connectivity index (χ2n) is 2.90. The van der Waals surface area contributed by atoms with Crippen LogP contribution in [0, 0.1) is 0 Å². The van der Waals surface area contributed by atoms with Crippen LogP contribution in [0.4, 0.5) is 0 Å². The van der Waals surface area contributed by atoms with Crippen molar-refractivity contribution < 1.29 is 9.53 Å². The second kappa shape index (κ2) is 7.54. The molecule has 1 aromatic rings. The number of rotatable bonds is 6. The van der Waals surface area contributed by atoms with Crippen molar-refractivity contribution in [3.8, 4) is 0 Å². The number of esters is 1. The smallest absolute Gasteiger partial charge is 0.323 e. The van der Waals surface area contributed by atoms with Crippen molar-refractivity contribution in [2.75, 3.05) is 19.9 Å². The monoisotopic (exact) mass is 258 g/mol. The number of pyridine rings is 1. The van der Waals surface area contributed by atoms with Gasteiger partial charge < -0.3 is 10.1 Å². The van der Waals surface area contributed by atoms with Crippen LogP contribution in [-0.2, 0) is 9.53 Å². The summed E-state index contributed by atoms with van der Waals surface area (Å²) in [6.07, 6.45) is 1.75. The lowest BCUT2D eigenvalue weighted by Crippen LogP contribution is -2.36. The van der Waals surface area contributed by atoms with Crippen molar-refractivity contribution >= 4 is 27.6 Å². The third kappa shape index (κ3) is 4.42. The SMILES string of the molecule is CNC(CSSc1ccccn1)C(=O)OC. The van der Waals surface area contributed by atoms with E-state index in [0.717, 1.165) is 5.03 Å². The Labute approximate surface area is 103 Å². The van der Waals surface area contributed by atoms with Gasteiger partial charge in [0.25, 0.3) is 0 Å². The van der Waals surface area contributed by atoms with Crippen LogP contribution < -0.4 is 5.32 Å². The number of carbonyl (C=O) groups excluding carboxylic acids is 1. The van der Waals surface area contributed by atoms with E-state index in [9.17, 15) is 4.79 Å². The number of nitrogens with one attached hydrogen (secondary N) is 1. The number of methoxy groups -OCH3 is 1. The second-order valence-corrected chi connectivity index (χ2v) is 5.26. The standard InChI is InChI=1S/C10H14N2O2S2/c1-11-8(10(13)14-2)7-15-16-9-5-3-4-6-12-9/h3-6,8,11H,7H2,1-2H3. The summed E-state index contributed by atoms with van der Waals surface area (Å²) in [4.78, 5) is 15.4. The lowest BCUT2D eigenvalue weighted by Gasteiger charge is -2.12. The minimum Gasteiger partial charge on any atom is -0.468 e. The largest absolute Gasteiger partial charge is 0.468 e. The number of hydrogen-bond donors (Lipinski definition) is 1. The Morgan fingerprint density at radius 3 is 3.00 bits per heavy atom. The molecule has 4 nitrogen and oxygen atoms in total. The van der Waals surface area contributed by atoms with Crippen LogP contribution in [0.3, 0.4) is 0 Å². The Kier molecular flexibility index (Phi) is 6.29. The minimum atomic E-state index is -0.272. The molecule has 0 amide bonds. The number of nitrogens with zero attached hydrogens (tertiary/aromatic N) is 1. The molecule has 0 aromatic carbocycles. The van der Waals surface area contributed by atoms with Gasteiger partial charge in [0.05, 0.1) is 7.11 Å². The molecule has 0 aliphatic rings. The zero-order valence-electron chi connectivity index (χ0n) is 9.17. The molecule has 1 heterocycles. The maximum Gasteiger partial charge on any atom is 0.323 e. The van der Waals surface area contributed by atoms with E-state index in [1.807, 2.05) is 18.2 Å². The highest BCUT2D eigenvalue weighted by Gasteiger charge is 2.16. The first-order chi connectivity index (χ1) is 7.77. The summed E-state index contributed by atoms with van der Waals surface area (Å²) in [5.74, 6) is 0.404. The van der Waals surface area contributed by atoms with Crippen molar-refractivity contribution in [3.05, 3.63) is 24.4 Å². The molecular formula is C10H14N2O2S2. The Bertz CT molecular complexity index is 322. The topological polar surface area (TPSA) is 51.2 Å². The fourth-order valence-electron chi connectivity index (χ4n) is 0.970. The quantitative estimate of drug-likeness (QED) is 0.617. The van der Waals surface area contributed by atoms with Gasteiger partial charge in [-0.3, -0.25) is 4.79 Å². The van der Waals surface area contributed by atoms with Crippen molar-refractivity contribution in [2.24, 2.45) is 0 Å². The normalized spacial score (nSPS) is 12.1. The molecule has 88 valence electrons. The van der Waals surface area contributed by atoms with Gasteiger partial charge in [-0.05, 0) is 30.0 Å². The van der Waals surface area contributed by atoms with Crippen LogP contribution in [0.1, 0.15) is 0 Å². The van der Waals surface area contributed by atoms with Crippen LogP contribution in [0.15, 0.2) is 29.4 Å². The van der Waals surface area contributed by atoms with Gasteiger partial charge in [0.1, 0.15) is 11.1 Å². The molecule has 0 bridgehead atoms. The molecule has 0 aliphatic heterocycles. The minimum absolute atomic E-state index is 0.239. The van der Waals surface area contributed by atoms with Gasteiger partial charge in [0.15, 0.2) is 0 Å². The van der Waals surface area contributed by atoms with Crippen LogP contribution in [0.2, 0.25) is 0 Å². The van der Waals surface area contributed by atoms with Crippen molar-refractivity contribution in [1.29, 1.82) is 0 Å². The number of aromatic nitrogens is 1. The van der Waals surface area contributed by atoms with Gasteiger partial charge in [0, 0.05) is 11.9 Å². The molecule has 0 aliphatic carbocycles. The van der Waals surface area contributed by atoms with Crippen molar-refractivity contribution in [3.63, 3.8) is 0 Å². The first-order valence-electron chi connectivity index (χ1n) is 4.73. The highest BCUT2D eigenvalue weighted by atomic mass is 33.1. The van der Waals surface area contributed by atoms with E-state index < -0.39 is 0 Å². The number of hydrogen-bond acceptors (Lipinski definition) is 6. The van der Waals surface area contributed by atoms with Crippen molar-refractivity contribution in [2.45, 2.75) is 11.1 Å². The Morgan fingerprint density at radius 1 is 1.62 bits per heavy atom. The number of carbonyl (C=O) groups is 1. The van der Waals surface area contributed by atoms with Gasteiger partial charge in [-0.15, -0.1) is 0 Å². The van der Waals surface area contributed by atoms with E-state index in [0.29, 0.717) is 5.75 Å². The Hall–Kier alpha value is -0.720. The molecule has 1 atom stereocenters. The summed E-state index contributed by atoms with van der Waals surface area (Å²) >= 11 is 0. The van der Waals surface area contributed by atoms with Crippen LogP contribution >= 0.6 is 21.6 Å². The molecule has 0 fully saturated rings. The van der Waals surface area contributed by atoms with Crippen LogP contribution in [0.25, 0.3) is 0 Å². The average Bonchev–Trinajstić information content (AvgIpc) is 2.35. The molecule has 1 N–H and O–H groups in total. The lowest BCUT2D eigenvalue weighted by atomic mass is 10.3. The maximum atomic E-state index is 11.3. The van der Waals surface area contributed by atoms with E-state index in [4.69, 9.17) is 0 Å². The van der Waals surface area contributed by atoms with E-state index in [2.05, 4.69) is 15.0 Å². The summed E-state index contributed by atoms with van der Waals surface area (Å²) in [6.45, 7) is 0. The summed E-state index contributed by atoms with van der Waals surface area (Å²) in [7, 11) is 6.26. The molecule has 1 unspecified atom stereocenters. The van der Waals surface area contributed by atoms with E-state index in [1.54, 1.807) is 34.8 Å². The molecule has 16 heavy (non-hydrogen) atoms. The molecule has 0 radical (unpaired) electrons. The van der Waals surface area contributed by atoms with E-state index in [1.165, 1.54) is 7.11 Å². The van der Waals surface area contributed by atoms with E-state index >= 15 is 0 Å². The summed E-state index contributed by atoms with van der Waals surface area (Å²) < 4.78 is 4.67. The van der Waals surface area contributed by atoms with Gasteiger partial charge >= 0.3 is 5.97 Å². The third-order valence-electron chi connectivity index (χ3n) is 1.85. The number of likely N-dealkylation sites (N-methyl/N-ethyl adjacent to an activating group) is 1. The fraction of sp³-hybridized carbons (Fsp3) is 0.400. The van der Waals surface area contributed by atoms with Gasteiger partial charge in [0.2, 0.25) is 0 Å². The Morgan fingerprint density at radius 2 is 2.44 bits per heavy atom. The highest BCUT2D eigenvalue weighted by Crippen LogP contribution is 2.29. The first kappa shape index (κ1) is 13.3. The fourth-order valence-corrected chi connectivity index (χ4v) is 3.11. The molecule has 1 rings (SSSR count). The van der Waals surface area contributed by atoms with Gasteiger partial charge in [-0.25, -0.2) is 4.98 Å². The summed E-state index contributed by atoms with van der Waals surface area (Å²) in [5.41, 5.74) is 0. The third-order valence-corrected chi connectivity index (χ3v) is 4.12. The number of ether oxygens (including phenoxy) is 1. The predicted molar refractivity (Wildman–Crippen MR) is 67.4 cm³/mol. The zero-order valence-corrected chi connectivity index (χ0v) is 10.8. The highest BCUT2D eigenvalue weighted by molar-refractivity contribution is 8.76. The average molecular weight is 258 g/mol. The van der Waals surface area contributed by atoms with Crippen LogP contribution in [-0.4, -0.2) is 36.9 Å². The zero-order chi connectivity index (χ0) is 11.8. The first-order valence-corrected chi connectivity index (χ1v) is 7.05. The molecule has 6 heteroatoms. The lowest BCUT2D eigenvalue weighted by molar-refractivity contribution is -0.142. The molecular weight excluding hydrogens is 244 g/mol. The molecule has 0 saturated carbocycles. The molecule has 1 aromatic heterocycles. The molecule has 0 spiro atoms. The summed E-state index contributed by atoms with van der Waals surface area (Å²) in [6, 6.07) is 5.47. The summed E-state index contributed by atoms with van der Waals surface area (Å²) in [5, 5.41) is 3.85. The van der Waals surface area contributed by atoms with Crippen LogP contribution in [0.5, 0.6) is 0 Å². The van der Waals surface area contributed by atoms with Crippen molar-refractivity contribution in [1.82, 2.24) is 10.3 Å². The predicted octanol–water partition coefficient (Wildman–Crippen LogP) is 1.58.